The van der Waals surface area contributed by atoms with E-state index in [2.05, 4.69) is 10.6 Å². The zero-order chi connectivity index (χ0) is 17.0. The lowest BCUT2D eigenvalue weighted by molar-refractivity contribution is 0.0923. The molecule has 0 unspecified atom stereocenters. The fourth-order valence-electron chi connectivity index (χ4n) is 1.80. The average molecular weight is 354 g/mol. The lowest BCUT2D eigenvalue weighted by Crippen LogP contribution is -2.47. The van der Waals surface area contributed by atoms with Gasteiger partial charge in [-0.3, -0.25) is 4.79 Å². The number of anilines is 1. The third-order valence-electron chi connectivity index (χ3n) is 3.19. The average Bonchev–Trinajstić information content (AvgIpc) is 2.96. The largest absolute Gasteiger partial charge is 0.470 e. The molecule has 2 aromatic rings. The number of nitrogens with two attached hydrogens (primary N) is 1. The minimum Gasteiger partial charge on any atom is -0.470 e. The third kappa shape index (κ3) is 4.68. The summed E-state index contributed by atoms with van der Waals surface area (Å²) in [5.41, 5.74) is 6.85. The van der Waals surface area contributed by atoms with Crippen molar-refractivity contribution < 1.29 is 9.21 Å². The molecule has 1 aromatic carbocycles. The number of carbonyl (C=O) groups is 1. The maximum absolute atomic E-state index is 12.4. The molecule has 1 aromatic heterocycles. The second-order valence-electron chi connectivity index (χ2n) is 5.49. The van der Waals surface area contributed by atoms with Crippen LogP contribution < -0.4 is 16.4 Å². The second kappa shape index (κ2) is 6.98. The zero-order valence-electron chi connectivity index (χ0n) is 12.7. The van der Waals surface area contributed by atoms with Gasteiger partial charge in [0.25, 0.3) is 5.91 Å². The number of carbonyl (C=O) groups excluding carboxylic acids is 1. The van der Waals surface area contributed by atoms with Crippen LogP contribution in [0, 0.1) is 0 Å². The summed E-state index contributed by atoms with van der Waals surface area (Å²) in [6.45, 7) is 3.58. The van der Waals surface area contributed by atoms with Crippen molar-refractivity contribution >= 4 is 34.8 Å². The number of hydrogen-bond donors (Lipinski definition) is 3. The molecule has 0 radical (unpaired) electrons. The summed E-state index contributed by atoms with van der Waals surface area (Å²) in [4.78, 5) is 12.4. The molecule has 5 nitrogen and oxygen atoms in total. The second-order valence-corrected chi connectivity index (χ2v) is 6.37. The highest BCUT2D eigenvalue weighted by molar-refractivity contribution is 6.35. The molecule has 0 saturated carbocycles. The van der Waals surface area contributed by atoms with Gasteiger partial charge in [0, 0.05) is 27.5 Å². The van der Waals surface area contributed by atoms with Gasteiger partial charge in [0.1, 0.15) is 6.26 Å². The monoisotopic (exact) mass is 353 g/mol. The summed E-state index contributed by atoms with van der Waals surface area (Å²) in [6.07, 6.45) is 4.70. The lowest BCUT2D eigenvalue weighted by atomic mass is 10.0. The Balaban J connectivity index is 2.09. The SMILES string of the molecule is CC(C)(NC(=O)c1cc(Cl)cc(Cl)c1)/C(N)=C/Nc1ccoc1. The van der Waals surface area contributed by atoms with Gasteiger partial charge in [-0.2, -0.15) is 0 Å². The molecule has 0 saturated heterocycles. The number of hydrogen-bond acceptors (Lipinski definition) is 4. The van der Waals surface area contributed by atoms with Crippen molar-refractivity contribution in [2.75, 3.05) is 5.32 Å². The summed E-state index contributed by atoms with van der Waals surface area (Å²) in [5, 5.41) is 6.62. The van der Waals surface area contributed by atoms with Crippen molar-refractivity contribution in [2.45, 2.75) is 19.4 Å². The maximum Gasteiger partial charge on any atom is 0.252 e. The van der Waals surface area contributed by atoms with Gasteiger partial charge in [-0.25, -0.2) is 0 Å². The topological polar surface area (TPSA) is 80.3 Å². The van der Waals surface area contributed by atoms with E-state index in [0.717, 1.165) is 5.69 Å². The van der Waals surface area contributed by atoms with Crippen molar-refractivity contribution in [3.63, 3.8) is 0 Å². The molecule has 4 N–H and O–H groups in total. The summed E-state index contributed by atoms with van der Waals surface area (Å²) in [7, 11) is 0. The number of amides is 1. The van der Waals surface area contributed by atoms with Crippen LogP contribution in [0.1, 0.15) is 24.2 Å². The summed E-state index contributed by atoms with van der Waals surface area (Å²) < 4.78 is 4.95. The van der Waals surface area contributed by atoms with Gasteiger partial charge in [-0.15, -0.1) is 0 Å². The van der Waals surface area contributed by atoms with Crippen molar-refractivity contribution in [2.24, 2.45) is 5.73 Å². The summed E-state index contributed by atoms with van der Waals surface area (Å²) in [5.74, 6) is -0.320. The van der Waals surface area contributed by atoms with Crippen LogP contribution in [0.4, 0.5) is 5.69 Å². The molecule has 0 aliphatic rings. The minimum atomic E-state index is -0.775. The van der Waals surface area contributed by atoms with Crippen LogP contribution in [0.15, 0.2) is 53.1 Å². The van der Waals surface area contributed by atoms with Gasteiger partial charge in [0.05, 0.1) is 17.5 Å². The first kappa shape index (κ1) is 17.2. The molecule has 7 heteroatoms. The molecular formula is C16H17Cl2N3O2. The highest BCUT2D eigenvalue weighted by atomic mass is 35.5. The van der Waals surface area contributed by atoms with Crippen molar-refractivity contribution in [1.29, 1.82) is 0 Å². The van der Waals surface area contributed by atoms with Crippen LogP contribution in [0.5, 0.6) is 0 Å². The highest BCUT2D eigenvalue weighted by Gasteiger charge is 2.24. The fraction of sp³-hybridized carbons (Fsp3) is 0.188. The van der Waals surface area contributed by atoms with Crippen LogP contribution in [-0.4, -0.2) is 11.4 Å². The van der Waals surface area contributed by atoms with Crippen LogP contribution >= 0.6 is 23.2 Å². The molecule has 122 valence electrons. The van der Waals surface area contributed by atoms with Crippen LogP contribution in [0.2, 0.25) is 10.0 Å². The van der Waals surface area contributed by atoms with E-state index in [1.165, 1.54) is 0 Å². The molecule has 0 bridgehead atoms. The lowest BCUT2D eigenvalue weighted by Gasteiger charge is -2.27. The Morgan fingerprint density at radius 3 is 2.48 bits per heavy atom. The van der Waals surface area contributed by atoms with E-state index in [1.807, 2.05) is 0 Å². The molecule has 0 fully saturated rings. The van der Waals surface area contributed by atoms with Crippen LogP contribution in [0.3, 0.4) is 0 Å². The van der Waals surface area contributed by atoms with Gasteiger partial charge in [-0.05, 0) is 38.1 Å². The van der Waals surface area contributed by atoms with Gasteiger partial charge in [-0.1, -0.05) is 23.2 Å². The predicted octanol–water partition coefficient (Wildman–Crippen LogP) is 4.01. The van der Waals surface area contributed by atoms with Crippen LogP contribution in [0.25, 0.3) is 0 Å². The van der Waals surface area contributed by atoms with Gasteiger partial charge < -0.3 is 20.8 Å². The molecule has 0 aliphatic heterocycles. The fourth-order valence-corrected chi connectivity index (χ4v) is 2.33. The van der Waals surface area contributed by atoms with Crippen molar-refractivity contribution in [1.82, 2.24) is 5.32 Å². The third-order valence-corrected chi connectivity index (χ3v) is 3.62. The Morgan fingerprint density at radius 1 is 1.26 bits per heavy atom. The first-order valence-electron chi connectivity index (χ1n) is 6.81. The van der Waals surface area contributed by atoms with E-state index >= 15 is 0 Å². The van der Waals surface area contributed by atoms with Gasteiger partial charge in [0.15, 0.2) is 0 Å². The Kier molecular flexibility index (Phi) is 5.23. The summed E-state index contributed by atoms with van der Waals surface area (Å²) in [6, 6.07) is 6.41. The molecule has 0 atom stereocenters. The molecule has 1 heterocycles. The Bertz CT molecular complexity index is 705. The number of furan rings is 1. The summed E-state index contributed by atoms with van der Waals surface area (Å²) >= 11 is 11.8. The first-order chi connectivity index (χ1) is 10.8. The number of benzene rings is 1. The normalized spacial score (nSPS) is 12.1. The Hall–Kier alpha value is -2.11. The van der Waals surface area contributed by atoms with Gasteiger partial charge >= 0.3 is 0 Å². The number of rotatable bonds is 5. The van der Waals surface area contributed by atoms with Crippen molar-refractivity contribution in [3.8, 4) is 0 Å². The molecule has 2 rings (SSSR count). The maximum atomic E-state index is 12.4. The molecule has 0 spiro atoms. The van der Waals surface area contributed by atoms with E-state index in [4.69, 9.17) is 33.4 Å². The first-order valence-corrected chi connectivity index (χ1v) is 7.57. The smallest absolute Gasteiger partial charge is 0.252 e. The molecular weight excluding hydrogens is 337 g/mol. The van der Waals surface area contributed by atoms with E-state index in [0.29, 0.717) is 21.3 Å². The quantitative estimate of drug-likeness (QED) is 0.758. The minimum absolute atomic E-state index is 0.320. The van der Waals surface area contributed by atoms with Gasteiger partial charge in [0.2, 0.25) is 0 Å². The van der Waals surface area contributed by atoms with E-state index in [9.17, 15) is 4.79 Å². The molecule has 0 aliphatic carbocycles. The van der Waals surface area contributed by atoms with E-state index < -0.39 is 5.54 Å². The molecule has 1 amide bonds. The Morgan fingerprint density at radius 2 is 1.91 bits per heavy atom. The number of halogens is 2. The van der Waals surface area contributed by atoms with Crippen LogP contribution in [-0.2, 0) is 0 Å². The molecule has 23 heavy (non-hydrogen) atoms. The highest BCUT2D eigenvalue weighted by Crippen LogP contribution is 2.20. The standard InChI is InChI=1S/C16H17Cl2N3O2/c1-16(2,14(19)8-20-13-3-4-23-9-13)21-15(22)10-5-11(17)7-12(18)6-10/h3-9,20H,19H2,1-2H3,(H,21,22)/b14-8-. The van der Waals surface area contributed by atoms with E-state index in [-0.39, 0.29) is 5.91 Å². The van der Waals surface area contributed by atoms with Crippen molar-refractivity contribution in [3.05, 3.63) is 64.3 Å². The number of nitrogens with one attached hydrogen (secondary N) is 2. The Labute approximate surface area is 144 Å². The zero-order valence-corrected chi connectivity index (χ0v) is 14.2. The predicted molar refractivity (Wildman–Crippen MR) is 92.6 cm³/mol. The van der Waals surface area contributed by atoms with E-state index in [1.54, 1.807) is 56.8 Å².